The molecule has 0 aliphatic carbocycles. The predicted molar refractivity (Wildman–Crippen MR) is 79.5 cm³/mol. The summed E-state index contributed by atoms with van der Waals surface area (Å²) >= 11 is 0. The van der Waals surface area contributed by atoms with Gasteiger partial charge in [0, 0.05) is 18.7 Å². The zero-order chi connectivity index (χ0) is 14.7. The monoisotopic (exact) mass is 274 g/mol. The molecule has 4 nitrogen and oxygen atoms in total. The number of nitrogens with zero attached hydrogens (tertiary/aromatic N) is 1. The first-order chi connectivity index (χ1) is 9.47. The van der Waals surface area contributed by atoms with E-state index < -0.39 is 0 Å². The highest BCUT2D eigenvalue weighted by Crippen LogP contribution is 2.22. The smallest absolute Gasteiger partial charge is 0.249 e. The van der Waals surface area contributed by atoms with Gasteiger partial charge in [-0.3, -0.25) is 9.59 Å². The van der Waals surface area contributed by atoms with Crippen molar-refractivity contribution >= 4 is 17.5 Å². The van der Waals surface area contributed by atoms with E-state index >= 15 is 0 Å². The molecule has 0 radical (unpaired) electrons. The van der Waals surface area contributed by atoms with Crippen molar-refractivity contribution in [2.24, 2.45) is 5.92 Å². The topological polar surface area (TPSA) is 49.4 Å². The van der Waals surface area contributed by atoms with Gasteiger partial charge in [0.15, 0.2) is 0 Å². The number of hydrogen-bond acceptors (Lipinski definition) is 2. The Bertz CT molecular complexity index is 494. The van der Waals surface area contributed by atoms with Gasteiger partial charge in [0.25, 0.3) is 0 Å². The van der Waals surface area contributed by atoms with Crippen molar-refractivity contribution in [3.63, 3.8) is 0 Å². The number of rotatable bonds is 4. The summed E-state index contributed by atoms with van der Waals surface area (Å²) < 4.78 is 0. The van der Waals surface area contributed by atoms with Crippen LogP contribution in [-0.2, 0) is 9.59 Å². The maximum Gasteiger partial charge on any atom is 0.249 e. The number of amides is 2. The van der Waals surface area contributed by atoms with Crippen LogP contribution in [-0.4, -0.2) is 24.4 Å². The Kier molecular flexibility index (Phi) is 4.42. The average Bonchev–Trinajstić information content (AvgIpc) is 2.71. The second-order valence-electron chi connectivity index (χ2n) is 5.83. The third kappa shape index (κ3) is 3.38. The van der Waals surface area contributed by atoms with Gasteiger partial charge in [0.05, 0.1) is 0 Å². The standard InChI is InChI=1S/C16H22N2O2/c1-11(2)10-15(19)17-14-8-9-18(16(14)20)13-6-4-12(3)5-7-13/h4-7,11,14H,8-10H2,1-3H3,(H,17,19). The fourth-order valence-corrected chi connectivity index (χ4v) is 2.42. The molecule has 1 N–H and O–H groups in total. The van der Waals surface area contributed by atoms with Crippen molar-refractivity contribution in [1.82, 2.24) is 5.32 Å². The normalized spacial score (nSPS) is 18.7. The van der Waals surface area contributed by atoms with E-state index in [2.05, 4.69) is 5.32 Å². The molecule has 1 aromatic rings. The van der Waals surface area contributed by atoms with Crippen LogP contribution in [0.25, 0.3) is 0 Å². The van der Waals surface area contributed by atoms with Crippen LogP contribution < -0.4 is 10.2 Å². The van der Waals surface area contributed by atoms with Gasteiger partial charge < -0.3 is 10.2 Å². The van der Waals surface area contributed by atoms with Crippen LogP contribution in [0.15, 0.2) is 24.3 Å². The Morgan fingerprint density at radius 2 is 2.00 bits per heavy atom. The fourth-order valence-electron chi connectivity index (χ4n) is 2.42. The molecule has 1 unspecified atom stereocenters. The third-order valence-corrected chi connectivity index (χ3v) is 3.48. The molecule has 108 valence electrons. The summed E-state index contributed by atoms with van der Waals surface area (Å²) in [6.07, 6.45) is 1.14. The van der Waals surface area contributed by atoms with Crippen molar-refractivity contribution < 1.29 is 9.59 Å². The molecular weight excluding hydrogens is 252 g/mol. The number of hydrogen-bond donors (Lipinski definition) is 1. The van der Waals surface area contributed by atoms with Crippen molar-refractivity contribution in [1.29, 1.82) is 0 Å². The SMILES string of the molecule is Cc1ccc(N2CCC(NC(=O)CC(C)C)C2=O)cc1. The van der Waals surface area contributed by atoms with Gasteiger partial charge in [0.2, 0.25) is 11.8 Å². The average molecular weight is 274 g/mol. The maximum atomic E-state index is 12.3. The highest BCUT2D eigenvalue weighted by molar-refractivity contribution is 6.01. The maximum absolute atomic E-state index is 12.3. The first kappa shape index (κ1) is 14.6. The van der Waals surface area contributed by atoms with Gasteiger partial charge in [-0.1, -0.05) is 31.5 Å². The summed E-state index contributed by atoms with van der Waals surface area (Å²) in [5.74, 6) is 0.259. The van der Waals surface area contributed by atoms with E-state index in [1.165, 1.54) is 5.56 Å². The molecule has 1 aromatic carbocycles. The molecule has 1 heterocycles. The number of carbonyl (C=O) groups is 2. The lowest BCUT2D eigenvalue weighted by Crippen LogP contribution is -2.41. The van der Waals surface area contributed by atoms with Crippen LogP contribution in [0, 0.1) is 12.8 Å². The third-order valence-electron chi connectivity index (χ3n) is 3.48. The fraction of sp³-hybridized carbons (Fsp3) is 0.500. The summed E-state index contributed by atoms with van der Waals surface area (Å²) in [7, 11) is 0. The van der Waals surface area contributed by atoms with Gasteiger partial charge in [-0.05, 0) is 31.4 Å². The Morgan fingerprint density at radius 3 is 2.60 bits per heavy atom. The van der Waals surface area contributed by atoms with Crippen molar-refractivity contribution in [2.75, 3.05) is 11.4 Å². The highest BCUT2D eigenvalue weighted by Gasteiger charge is 2.33. The molecule has 20 heavy (non-hydrogen) atoms. The lowest BCUT2D eigenvalue weighted by atomic mass is 10.1. The van der Waals surface area contributed by atoms with Gasteiger partial charge in [0.1, 0.15) is 6.04 Å². The van der Waals surface area contributed by atoms with Gasteiger partial charge in [-0.2, -0.15) is 0 Å². The quantitative estimate of drug-likeness (QED) is 0.915. The van der Waals surface area contributed by atoms with Crippen molar-refractivity contribution in [3.8, 4) is 0 Å². The molecule has 0 aromatic heterocycles. The van der Waals surface area contributed by atoms with E-state index in [9.17, 15) is 9.59 Å². The molecule has 1 atom stereocenters. The Labute approximate surface area is 120 Å². The van der Waals surface area contributed by atoms with E-state index in [0.29, 0.717) is 25.3 Å². The lowest BCUT2D eigenvalue weighted by Gasteiger charge is -2.17. The number of aryl methyl sites for hydroxylation is 1. The molecule has 1 aliphatic heterocycles. The molecule has 1 aliphatic rings. The zero-order valence-corrected chi connectivity index (χ0v) is 12.3. The van der Waals surface area contributed by atoms with Gasteiger partial charge >= 0.3 is 0 Å². The van der Waals surface area contributed by atoms with Crippen molar-refractivity contribution in [3.05, 3.63) is 29.8 Å². The van der Waals surface area contributed by atoms with E-state index in [4.69, 9.17) is 0 Å². The molecule has 2 amide bonds. The molecule has 1 saturated heterocycles. The lowest BCUT2D eigenvalue weighted by molar-refractivity contribution is -0.126. The van der Waals surface area contributed by atoms with Crippen LogP contribution in [0.1, 0.15) is 32.3 Å². The number of benzene rings is 1. The molecule has 4 heteroatoms. The zero-order valence-electron chi connectivity index (χ0n) is 12.3. The summed E-state index contributed by atoms with van der Waals surface area (Å²) in [4.78, 5) is 25.8. The summed E-state index contributed by atoms with van der Waals surface area (Å²) in [6.45, 7) is 6.67. The second-order valence-corrected chi connectivity index (χ2v) is 5.83. The predicted octanol–water partition coefficient (Wildman–Crippen LogP) is 2.26. The van der Waals surface area contributed by atoms with E-state index in [1.54, 1.807) is 4.90 Å². The van der Waals surface area contributed by atoms with Crippen molar-refractivity contribution in [2.45, 2.75) is 39.7 Å². The van der Waals surface area contributed by atoms with Crippen LogP contribution in [0.5, 0.6) is 0 Å². The Hall–Kier alpha value is -1.84. The number of anilines is 1. The first-order valence-electron chi connectivity index (χ1n) is 7.15. The molecule has 2 rings (SSSR count). The molecule has 1 fully saturated rings. The summed E-state index contributed by atoms with van der Waals surface area (Å²) in [5.41, 5.74) is 2.07. The Balaban J connectivity index is 1.99. The van der Waals surface area contributed by atoms with E-state index in [1.807, 2.05) is 45.0 Å². The van der Waals surface area contributed by atoms with Crippen LogP contribution >= 0.6 is 0 Å². The highest BCUT2D eigenvalue weighted by atomic mass is 16.2. The number of nitrogens with one attached hydrogen (secondary N) is 1. The van der Waals surface area contributed by atoms with Gasteiger partial charge in [-0.25, -0.2) is 0 Å². The first-order valence-corrected chi connectivity index (χ1v) is 7.15. The minimum Gasteiger partial charge on any atom is -0.344 e. The second kappa shape index (κ2) is 6.07. The molecule has 0 saturated carbocycles. The minimum atomic E-state index is -0.373. The summed E-state index contributed by atoms with van der Waals surface area (Å²) in [5, 5.41) is 2.84. The van der Waals surface area contributed by atoms with Gasteiger partial charge in [-0.15, -0.1) is 0 Å². The van der Waals surface area contributed by atoms with E-state index in [-0.39, 0.29) is 17.9 Å². The summed E-state index contributed by atoms with van der Waals surface area (Å²) in [6, 6.07) is 7.51. The molecule has 0 spiro atoms. The van der Waals surface area contributed by atoms with E-state index in [0.717, 1.165) is 5.69 Å². The Morgan fingerprint density at radius 1 is 1.35 bits per heavy atom. The van der Waals surface area contributed by atoms with Crippen LogP contribution in [0.3, 0.4) is 0 Å². The number of carbonyl (C=O) groups excluding carboxylic acids is 2. The minimum absolute atomic E-state index is 0.00837. The molecule has 0 bridgehead atoms. The van der Waals surface area contributed by atoms with Crippen LogP contribution in [0.2, 0.25) is 0 Å². The largest absolute Gasteiger partial charge is 0.344 e. The van der Waals surface area contributed by atoms with Crippen LogP contribution in [0.4, 0.5) is 5.69 Å². The molecular formula is C16H22N2O2.